The van der Waals surface area contributed by atoms with Crippen LogP contribution >= 0.6 is 0 Å². The lowest BCUT2D eigenvalue weighted by atomic mass is 10.2. The molecule has 6 nitrogen and oxygen atoms in total. The highest BCUT2D eigenvalue weighted by Gasteiger charge is 2.11. The average molecular weight is 370 g/mol. The van der Waals surface area contributed by atoms with E-state index in [1.807, 2.05) is 24.3 Å². The third kappa shape index (κ3) is 6.18. The first-order valence-electron chi connectivity index (χ1n) is 9.01. The van der Waals surface area contributed by atoms with Gasteiger partial charge in [-0.3, -0.25) is 9.89 Å². The smallest absolute Gasteiger partial charge is 0.195 e. The van der Waals surface area contributed by atoms with E-state index in [-0.39, 0.29) is 0 Å². The largest absolute Gasteiger partial charge is 0.493 e. The van der Waals surface area contributed by atoms with Gasteiger partial charge in [0, 0.05) is 37.9 Å². The van der Waals surface area contributed by atoms with Gasteiger partial charge in [-0.15, -0.1) is 0 Å². The van der Waals surface area contributed by atoms with Crippen molar-refractivity contribution in [1.82, 2.24) is 10.2 Å². The molecule has 2 aromatic carbocycles. The van der Waals surface area contributed by atoms with Crippen LogP contribution in [0.1, 0.15) is 12.5 Å². The standard InChI is InChI=1S/C21H30N4O2/c1-16(25(3)15-17-9-7-6-8-10-17)14-23-21(22-2)24-18-11-12-19(26-4)20(13-18)27-5/h6-13,16H,14-15H2,1-5H3,(H2,22,23,24). The Morgan fingerprint density at radius 3 is 2.41 bits per heavy atom. The van der Waals surface area contributed by atoms with Crippen molar-refractivity contribution in [3.63, 3.8) is 0 Å². The van der Waals surface area contributed by atoms with Crippen LogP contribution in [-0.2, 0) is 6.54 Å². The van der Waals surface area contributed by atoms with Crippen molar-refractivity contribution < 1.29 is 9.47 Å². The molecule has 0 fully saturated rings. The summed E-state index contributed by atoms with van der Waals surface area (Å²) in [6, 6.07) is 16.5. The van der Waals surface area contributed by atoms with E-state index in [2.05, 4.69) is 58.8 Å². The molecule has 2 rings (SSSR count). The molecule has 0 aliphatic rings. The number of nitrogens with one attached hydrogen (secondary N) is 2. The second-order valence-electron chi connectivity index (χ2n) is 6.40. The molecule has 0 aliphatic heterocycles. The molecule has 0 spiro atoms. The minimum Gasteiger partial charge on any atom is -0.493 e. The summed E-state index contributed by atoms with van der Waals surface area (Å²) in [5.74, 6) is 2.08. The minimum atomic E-state index is 0.342. The lowest BCUT2D eigenvalue weighted by molar-refractivity contribution is 0.249. The maximum atomic E-state index is 5.35. The Labute approximate surface area is 162 Å². The molecule has 1 atom stereocenters. The zero-order chi connectivity index (χ0) is 19.6. The first kappa shape index (κ1) is 20.6. The van der Waals surface area contributed by atoms with Crippen LogP contribution in [-0.4, -0.2) is 51.8 Å². The summed E-state index contributed by atoms with van der Waals surface area (Å²) in [4.78, 5) is 6.61. The average Bonchev–Trinajstić information content (AvgIpc) is 2.71. The molecule has 0 saturated carbocycles. The number of hydrogen-bond acceptors (Lipinski definition) is 4. The number of guanidine groups is 1. The highest BCUT2D eigenvalue weighted by molar-refractivity contribution is 5.93. The van der Waals surface area contributed by atoms with Gasteiger partial charge in [0.2, 0.25) is 0 Å². The highest BCUT2D eigenvalue weighted by Crippen LogP contribution is 2.29. The van der Waals surface area contributed by atoms with Crippen LogP contribution in [0.15, 0.2) is 53.5 Å². The van der Waals surface area contributed by atoms with Gasteiger partial charge in [-0.25, -0.2) is 0 Å². The monoisotopic (exact) mass is 370 g/mol. The van der Waals surface area contributed by atoms with Gasteiger partial charge < -0.3 is 20.1 Å². The first-order valence-corrected chi connectivity index (χ1v) is 9.01. The van der Waals surface area contributed by atoms with Crippen molar-refractivity contribution in [3.05, 3.63) is 54.1 Å². The number of rotatable bonds is 8. The number of nitrogens with zero attached hydrogens (tertiary/aromatic N) is 2. The molecule has 6 heteroatoms. The van der Waals surface area contributed by atoms with Crippen LogP contribution in [0, 0.1) is 0 Å². The summed E-state index contributed by atoms with van der Waals surface area (Å²) < 4.78 is 10.6. The predicted molar refractivity (Wildman–Crippen MR) is 112 cm³/mol. The van der Waals surface area contributed by atoms with Crippen molar-refractivity contribution in [1.29, 1.82) is 0 Å². The Kier molecular flexibility index (Phi) is 7.95. The zero-order valence-electron chi connectivity index (χ0n) is 16.8. The van der Waals surface area contributed by atoms with E-state index in [1.165, 1.54) is 5.56 Å². The maximum absolute atomic E-state index is 5.35. The van der Waals surface area contributed by atoms with Crippen LogP contribution in [0.3, 0.4) is 0 Å². The number of aliphatic imine (C=N–C) groups is 1. The Balaban J connectivity index is 1.89. The Bertz CT molecular complexity index is 734. The van der Waals surface area contributed by atoms with E-state index >= 15 is 0 Å². The van der Waals surface area contributed by atoms with Gasteiger partial charge in [0.05, 0.1) is 14.2 Å². The lowest BCUT2D eigenvalue weighted by Crippen LogP contribution is -2.42. The van der Waals surface area contributed by atoms with E-state index in [9.17, 15) is 0 Å². The van der Waals surface area contributed by atoms with Gasteiger partial charge in [0.25, 0.3) is 0 Å². The van der Waals surface area contributed by atoms with Crippen LogP contribution in [0.2, 0.25) is 0 Å². The molecule has 0 amide bonds. The number of hydrogen-bond donors (Lipinski definition) is 2. The second kappa shape index (κ2) is 10.4. The van der Waals surface area contributed by atoms with Crippen molar-refractivity contribution in [2.75, 3.05) is 40.2 Å². The van der Waals surface area contributed by atoms with Crippen molar-refractivity contribution >= 4 is 11.6 Å². The summed E-state index contributed by atoms with van der Waals surface area (Å²) in [7, 11) is 7.13. The summed E-state index contributed by atoms with van der Waals surface area (Å²) in [6.45, 7) is 3.88. The zero-order valence-corrected chi connectivity index (χ0v) is 16.8. The molecule has 2 N–H and O–H groups in total. The quantitative estimate of drug-likeness (QED) is 0.552. The van der Waals surface area contributed by atoms with Gasteiger partial charge in [0.1, 0.15) is 0 Å². The number of anilines is 1. The van der Waals surface area contributed by atoms with E-state index in [0.717, 1.165) is 18.8 Å². The molecule has 0 aliphatic carbocycles. The third-order valence-corrected chi connectivity index (χ3v) is 4.46. The molecule has 146 valence electrons. The fourth-order valence-corrected chi connectivity index (χ4v) is 2.66. The lowest BCUT2D eigenvalue weighted by Gasteiger charge is -2.26. The van der Waals surface area contributed by atoms with Crippen molar-refractivity contribution in [2.45, 2.75) is 19.5 Å². The Morgan fingerprint density at radius 2 is 1.78 bits per heavy atom. The summed E-state index contributed by atoms with van der Waals surface area (Å²) in [5.41, 5.74) is 2.19. The topological polar surface area (TPSA) is 58.1 Å². The number of methoxy groups -OCH3 is 2. The SMILES string of the molecule is CN=C(NCC(C)N(C)Cc1ccccc1)Nc1ccc(OC)c(OC)c1. The predicted octanol–water partition coefficient (Wildman–Crippen LogP) is 3.21. The number of benzene rings is 2. The van der Waals surface area contributed by atoms with Gasteiger partial charge >= 0.3 is 0 Å². The maximum Gasteiger partial charge on any atom is 0.195 e. The second-order valence-corrected chi connectivity index (χ2v) is 6.40. The molecule has 0 bridgehead atoms. The van der Waals surface area contributed by atoms with E-state index in [1.54, 1.807) is 21.3 Å². The van der Waals surface area contributed by atoms with Gasteiger partial charge in [0.15, 0.2) is 17.5 Å². The van der Waals surface area contributed by atoms with Crippen LogP contribution in [0.4, 0.5) is 5.69 Å². The van der Waals surface area contributed by atoms with Crippen molar-refractivity contribution in [3.8, 4) is 11.5 Å². The highest BCUT2D eigenvalue weighted by atomic mass is 16.5. The third-order valence-electron chi connectivity index (χ3n) is 4.46. The van der Waals surface area contributed by atoms with Crippen LogP contribution in [0.25, 0.3) is 0 Å². The normalized spacial score (nSPS) is 12.6. The molecule has 27 heavy (non-hydrogen) atoms. The summed E-state index contributed by atoms with van der Waals surface area (Å²) in [6.07, 6.45) is 0. The van der Waals surface area contributed by atoms with Gasteiger partial charge in [-0.2, -0.15) is 0 Å². The number of likely N-dealkylation sites (N-methyl/N-ethyl adjacent to an activating group) is 1. The molecule has 0 heterocycles. The van der Waals surface area contributed by atoms with E-state index in [4.69, 9.17) is 9.47 Å². The summed E-state index contributed by atoms with van der Waals surface area (Å²) in [5, 5.41) is 6.66. The van der Waals surface area contributed by atoms with Crippen LogP contribution in [0.5, 0.6) is 11.5 Å². The Hall–Kier alpha value is -2.73. The molecule has 2 aromatic rings. The van der Waals surface area contributed by atoms with E-state index in [0.29, 0.717) is 23.5 Å². The van der Waals surface area contributed by atoms with Crippen molar-refractivity contribution in [2.24, 2.45) is 4.99 Å². The molecule has 1 unspecified atom stereocenters. The van der Waals surface area contributed by atoms with E-state index < -0.39 is 0 Å². The molecule has 0 saturated heterocycles. The summed E-state index contributed by atoms with van der Waals surface area (Å²) >= 11 is 0. The molecule has 0 radical (unpaired) electrons. The molecule has 0 aromatic heterocycles. The Morgan fingerprint density at radius 1 is 1.07 bits per heavy atom. The fourth-order valence-electron chi connectivity index (χ4n) is 2.66. The number of ether oxygens (including phenoxy) is 2. The first-order chi connectivity index (χ1) is 13.1. The molecular weight excluding hydrogens is 340 g/mol. The molecular formula is C21H30N4O2. The fraction of sp³-hybridized carbons (Fsp3) is 0.381. The minimum absolute atomic E-state index is 0.342. The van der Waals surface area contributed by atoms with Gasteiger partial charge in [-0.05, 0) is 31.7 Å². The van der Waals surface area contributed by atoms with Gasteiger partial charge in [-0.1, -0.05) is 30.3 Å². The van der Waals surface area contributed by atoms with Crippen LogP contribution < -0.4 is 20.1 Å².